The first-order chi connectivity index (χ1) is 8.63. The van der Waals surface area contributed by atoms with Gasteiger partial charge < -0.3 is 9.73 Å². The molecule has 0 atom stereocenters. The third-order valence-corrected chi connectivity index (χ3v) is 2.88. The molecule has 18 heavy (non-hydrogen) atoms. The first-order valence-corrected chi connectivity index (χ1v) is 6.39. The van der Waals surface area contributed by atoms with Gasteiger partial charge in [-0.2, -0.15) is 0 Å². The molecule has 0 aliphatic rings. The second-order valence-electron chi connectivity index (χ2n) is 3.92. The molecule has 0 aliphatic heterocycles. The zero-order chi connectivity index (χ0) is 13.0. The van der Waals surface area contributed by atoms with E-state index in [2.05, 4.69) is 26.2 Å². The number of halogens is 1. The van der Waals surface area contributed by atoms with E-state index in [0.29, 0.717) is 18.7 Å². The highest BCUT2D eigenvalue weighted by Crippen LogP contribution is 2.13. The second kappa shape index (κ2) is 5.82. The van der Waals surface area contributed by atoms with Crippen molar-refractivity contribution in [1.29, 1.82) is 0 Å². The smallest absolute Gasteiger partial charge is 0.225 e. The van der Waals surface area contributed by atoms with Gasteiger partial charge in [-0.3, -0.25) is 4.79 Å². The van der Waals surface area contributed by atoms with Crippen molar-refractivity contribution in [3.8, 4) is 0 Å². The molecule has 0 unspecified atom stereocenters. The van der Waals surface area contributed by atoms with Crippen LogP contribution in [-0.4, -0.2) is 10.9 Å². The third-order valence-electron chi connectivity index (χ3n) is 2.38. The average molecular weight is 309 g/mol. The number of hydrogen-bond donors (Lipinski definition) is 1. The summed E-state index contributed by atoms with van der Waals surface area (Å²) in [5.41, 5.74) is 0. The summed E-state index contributed by atoms with van der Waals surface area (Å²) in [6.07, 6.45) is 2.60. The van der Waals surface area contributed by atoms with Crippen LogP contribution >= 0.6 is 15.9 Å². The van der Waals surface area contributed by atoms with E-state index in [-0.39, 0.29) is 5.91 Å². The lowest BCUT2D eigenvalue weighted by molar-refractivity contribution is -0.116. The van der Waals surface area contributed by atoms with Crippen LogP contribution in [0.1, 0.15) is 17.9 Å². The highest BCUT2D eigenvalue weighted by Gasteiger charge is 2.06. The van der Waals surface area contributed by atoms with E-state index in [1.807, 2.05) is 19.1 Å². The lowest BCUT2D eigenvalue weighted by Gasteiger charge is -2.03. The Morgan fingerprint density at radius 1 is 1.44 bits per heavy atom. The Morgan fingerprint density at radius 3 is 2.94 bits per heavy atom. The molecule has 2 rings (SSSR count). The average Bonchev–Trinajstić information content (AvgIpc) is 2.73. The van der Waals surface area contributed by atoms with Gasteiger partial charge in [0, 0.05) is 23.5 Å². The Hall–Kier alpha value is -1.62. The monoisotopic (exact) mass is 308 g/mol. The van der Waals surface area contributed by atoms with Crippen LogP contribution in [-0.2, 0) is 11.2 Å². The van der Waals surface area contributed by atoms with Gasteiger partial charge in [-0.05, 0) is 31.2 Å². The lowest BCUT2D eigenvalue weighted by atomic mass is 10.2. The van der Waals surface area contributed by atoms with E-state index in [4.69, 9.17) is 4.42 Å². The van der Waals surface area contributed by atoms with Crippen molar-refractivity contribution in [1.82, 2.24) is 4.98 Å². The topological polar surface area (TPSA) is 55.1 Å². The van der Waals surface area contributed by atoms with Gasteiger partial charge in [-0.15, -0.1) is 0 Å². The van der Waals surface area contributed by atoms with Crippen LogP contribution in [0.3, 0.4) is 0 Å². The van der Waals surface area contributed by atoms with Crippen molar-refractivity contribution < 1.29 is 9.21 Å². The Kier molecular flexibility index (Phi) is 4.15. The van der Waals surface area contributed by atoms with Crippen molar-refractivity contribution in [3.05, 3.63) is 46.5 Å². The van der Waals surface area contributed by atoms with Crippen LogP contribution in [0.4, 0.5) is 5.82 Å². The van der Waals surface area contributed by atoms with Gasteiger partial charge in [-0.25, -0.2) is 4.98 Å². The summed E-state index contributed by atoms with van der Waals surface area (Å²) >= 11 is 3.32. The number of aromatic nitrogens is 1. The molecule has 0 bridgehead atoms. The van der Waals surface area contributed by atoms with Crippen LogP contribution in [0.5, 0.6) is 0 Å². The second-order valence-corrected chi connectivity index (χ2v) is 4.84. The van der Waals surface area contributed by atoms with Gasteiger partial charge in [0.1, 0.15) is 17.3 Å². The molecule has 1 N–H and O–H groups in total. The van der Waals surface area contributed by atoms with E-state index in [1.54, 1.807) is 18.3 Å². The van der Waals surface area contributed by atoms with Crippen LogP contribution in [0.15, 0.2) is 39.4 Å². The summed E-state index contributed by atoms with van der Waals surface area (Å²) < 4.78 is 6.28. The van der Waals surface area contributed by atoms with Gasteiger partial charge in [0.25, 0.3) is 0 Å². The zero-order valence-electron chi connectivity index (χ0n) is 9.94. The quantitative estimate of drug-likeness (QED) is 0.942. The lowest BCUT2D eigenvalue weighted by Crippen LogP contribution is -2.13. The first kappa shape index (κ1) is 12.8. The van der Waals surface area contributed by atoms with Crippen molar-refractivity contribution >= 4 is 27.7 Å². The third kappa shape index (κ3) is 3.70. The minimum Gasteiger partial charge on any atom is -0.466 e. The number of hydrogen-bond acceptors (Lipinski definition) is 3. The molecule has 2 aromatic rings. The van der Waals surface area contributed by atoms with Gasteiger partial charge in [0.2, 0.25) is 5.91 Å². The van der Waals surface area contributed by atoms with Gasteiger partial charge in [-0.1, -0.05) is 15.9 Å². The van der Waals surface area contributed by atoms with Crippen molar-refractivity contribution in [2.75, 3.05) is 5.32 Å². The molecule has 2 aromatic heterocycles. The van der Waals surface area contributed by atoms with E-state index in [9.17, 15) is 4.79 Å². The van der Waals surface area contributed by atoms with E-state index >= 15 is 0 Å². The number of pyridine rings is 1. The molecular weight excluding hydrogens is 296 g/mol. The molecule has 0 saturated carbocycles. The maximum Gasteiger partial charge on any atom is 0.225 e. The fraction of sp³-hybridized carbons (Fsp3) is 0.231. The van der Waals surface area contributed by atoms with Crippen LogP contribution in [0.2, 0.25) is 0 Å². The van der Waals surface area contributed by atoms with Gasteiger partial charge in [0.05, 0.1) is 0 Å². The Balaban J connectivity index is 1.85. The van der Waals surface area contributed by atoms with Crippen LogP contribution < -0.4 is 5.32 Å². The first-order valence-electron chi connectivity index (χ1n) is 5.60. The molecule has 5 heteroatoms. The predicted octanol–water partition coefficient (Wildman–Crippen LogP) is 3.32. The maximum atomic E-state index is 11.7. The highest BCUT2D eigenvalue weighted by molar-refractivity contribution is 9.10. The predicted molar refractivity (Wildman–Crippen MR) is 72.3 cm³/mol. The normalized spacial score (nSPS) is 10.3. The molecule has 2 heterocycles. The molecule has 4 nitrogen and oxygen atoms in total. The largest absolute Gasteiger partial charge is 0.466 e. The molecule has 0 aliphatic carbocycles. The van der Waals surface area contributed by atoms with Crippen molar-refractivity contribution in [2.45, 2.75) is 19.8 Å². The Bertz CT molecular complexity index is 551. The summed E-state index contributed by atoms with van der Waals surface area (Å²) in [7, 11) is 0. The number of aryl methyl sites for hydroxylation is 2. The fourth-order valence-corrected chi connectivity index (χ4v) is 1.87. The summed E-state index contributed by atoms with van der Waals surface area (Å²) in [6, 6.07) is 7.35. The Morgan fingerprint density at radius 2 is 2.28 bits per heavy atom. The molecule has 0 radical (unpaired) electrons. The van der Waals surface area contributed by atoms with Gasteiger partial charge >= 0.3 is 0 Å². The number of rotatable bonds is 4. The van der Waals surface area contributed by atoms with E-state index < -0.39 is 0 Å². The van der Waals surface area contributed by atoms with Crippen molar-refractivity contribution in [2.24, 2.45) is 0 Å². The standard InChI is InChI=1S/C13H13BrN2O2/c1-9-2-3-11(18-9)4-5-13(17)16-12-8-10(14)6-7-15-12/h2-3,6-8H,4-5H2,1H3,(H,15,16,17). The molecule has 0 spiro atoms. The summed E-state index contributed by atoms with van der Waals surface area (Å²) in [5, 5.41) is 2.74. The SMILES string of the molecule is Cc1ccc(CCC(=O)Nc2cc(Br)ccn2)o1. The maximum absolute atomic E-state index is 11.7. The van der Waals surface area contributed by atoms with Gasteiger partial charge in [0.15, 0.2) is 0 Å². The highest BCUT2D eigenvalue weighted by atomic mass is 79.9. The van der Waals surface area contributed by atoms with E-state index in [0.717, 1.165) is 16.0 Å². The molecule has 0 aromatic carbocycles. The van der Waals surface area contributed by atoms with Crippen LogP contribution in [0.25, 0.3) is 0 Å². The minimum absolute atomic E-state index is 0.0744. The number of nitrogens with one attached hydrogen (secondary N) is 1. The number of carbonyl (C=O) groups is 1. The molecule has 94 valence electrons. The zero-order valence-corrected chi connectivity index (χ0v) is 11.5. The van der Waals surface area contributed by atoms with E-state index in [1.165, 1.54) is 0 Å². The molecular formula is C13H13BrN2O2. The number of anilines is 1. The number of amides is 1. The summed E-state index contributed by atoms with van der Waals surface area (Å²) in [4.78, 5) is 15.7. The van der Waals surface area contributed by atoms with Crippen LogP contribution in [0, 0.1) is 6.92 Å². The fourth-order valence-electron chi connectivity index (χ4n) is 1.53. The molecule has 0 fully saturated rings. The summed E-state index contributed by atoms with van der Waals surface area (Å²) in [5.74, 6) is 2.16. The molecule has 0 saturated heterocycles. The Labute approximate surface area is 114 Å². The van der Waals surface area contributed by atoms with Crippen molar-refractivity contribution in [3.63, 3.8) is 0 Å². The minimum atomic E-state index is -0.0744. The number of carbonyl (C=O) groups excluding carboxylic acids is 1. The molecule has 1 amide bonds. The number of furan rings is 1. The number of nitrogens with zero attached hydrogens (tertiary/aromatic N) is 1. The summed E-state index contributed by atoms with van der Waals surface area (Å²) in [6.45, 7) is 1.88.